The van der Waals surface area contributed by atoms with Crippen LogP contribution < -0.4 is 4.74 Å². The summed E-state index contributed by atoms with van der Waals surface area (Å²) in [5.74, 6) is -0.486. The number of aliphatic hydroxyl groups is 2. The SMILES string of the molecule is C=C(C)C(=O)OCCCc1cc(-c2ccc(-c3ccc(-c4ccc(CCCCC)cc4)cc3F)cc2CC)cc(CCCOC(=O)C(=C)C)c1OCCC(CO)(CO)CCC(C)(C)C. The number of aryl methyl sites for hydroxylation is 4. The molecule has 8 heteroatoms. The second kappa shape index (κ2) is 24.9. The van der Waals surface area contributed by atoms with E-state index in [4.69, 9.17) is 14.2 Å². The average molecular weight is 877 g/mol. The van der Waals surface area contributed by atoms with Crippen molar-refractivity contribution in [1.29, 1.82) is 0 Å². The number of carbonyl (C=O) groups excluding carboxylic acids is 2. The Bertz CT molecular complexity index is 2120. The number of ether oxygens (including phenoxy) is 3. The quantitative estimate of drug-likeness (QED) is 0.0368. The summed E-state index contributed by atoms with van der Waals surface area (Å²) < 4.78 is 33.6. The Morgan fingerprint density at radius 2 is 1.16 bits per heavy atom. The summed E-state index contributed by atoms with van der Waals surface area (Å²) in [6, 6.07) is 24.2. The number of unbranched alkanes of at least 4 members (excludes halogenated alkanes) is 2. The van der Waals surface area contributed by atoms with Crippen LogP contribution in [0.25, 0.3) is 33.4 Å². The van der Waals surface area contributed by atoms with E-state index in [2.05, 4.69) is 96.3 Å². The molecule has 0 radical (unpaired) electrons. The van der Waals surface area contributed by atoms with Crippen LogP contribution in [-0.2, 0) is 44.7 Å². The summed E-state index contributed by atoms with van der Waals surface area (Å²) in [6.45, 7) is 21.7. The van der Waals surface area contributed by atoms with Gasteiger partial charge in [0.15, 0.2) is 0 Å². The molecule has 4 aromatic carbocycles. The Morgan fingerprint density at radius 1 is 0.609 bits per heavy atom. The number of hydrogen-bond donors (Lipinski definition) is 2. The minimum Gasteiger partial charge on any atom is -0.493 e. The van der Waals surface area contributed by atoms with E-state index in [0.717, 1.165) is 57.3 Å². The summed E-state index contributed by atoms with van der Waals surface area (Å²) in [7, 11) is 0. The predicted octanol–water partition coefficient (Wildman–Crippen LogP) is 12.8. The van der Waals surface area contributed by atoms with Gasteiger partial charge in [-0.15, -0.1) is 0 Å². The van der Waals surface area contributed by atoms with E-state index < -0.39 is 17.4 Å². The summed E-state index contributed by atoms with van der Waals surface area (Å²) >= 11 is 0. The second-order valence-electron chi connectivity index (χ2n) is 18.7. The van der Waals surface area contributed by atoms with Crippen LogP contribution in [0.1, 0.15) is 122 Å². The first kappa shape index (κ1) is 51.6. The highest BCUT2D eigenvalue weighted by Gasteiger charge is 2.31. The highest BCUT2D eigenvalue weighted by molar-refractivity contribution is 5.87. The van der Waals surface area contributed by atoms with Gasteiger partial charge in [-0.2, -0.15) is 0 Å². The third kappa shape index (κ3) is 15.3. The molecule has 4 aromatic rings. The van der Waals surface area contributed by atoms with Gasteiger partial charge in [-0.3, -0.25) is 0 Å². The van der Waals surface area contributed by atoms with Gasteiger partial charge in [-0.05, 0) is 152 Å². The molecule has 0 spiro atoms. The molecular weight excluding hydrogens is 804 g/mol. The first-order valence-corrected chi connectivity index (χ1v) is 23.2. The number of carbonyl (C=O) groups is 2. The number of rotatable bonds is 26. The first-order chi connectivity index (χ1) is 30.5. The molecule has 0 bridgehead atoms. The molecule has 0 saturated heterocycles. The lowest BCUT2D eigenvalue weighted by molar-refractivity contribution is -0.139. The van der Waals surface area contributed by atoms with Crippen molar-refractivity contribution in [2.45, 2.75) is 126 Å². The Balaban J connectivity index is 1.72. The van der Waals surface area contributed by atoms with Crippen LogP contribution >= 0.6 is 0 Å². The molecule has 0 saturated carbocycles. The first-order valence-electron chi connectivity index (χ1n) is 23.2. The molecule has 0 aliphatic rings. The van der Waals surface area contributed by atoms with E-state index in [0.29, 0.717) is 67.4 Å². The zero-order valence-corrected chi connectivity index (χ0v) is 39.7. The number of hydrogen-bond acceptors (Lipinski definition) is 7. The summed E-state index contributed by atoms with van der Waals surface area (Å²) in [4.78, 5) is 24.5. The monoisotopic (exact) mass is 877 g/mol. The van der Waals surface area contributed by atoms with Gasteiger partial charge < -0.3 is 24.4 Å². The molecule has 346 valence electrons. The average Bonchev–Trinajstić information content (AvgIpc) is 3.27. The topological polar surface area (TPSA) is 102 Å². The summed E-state index contributed by atoms with van der Waals surface area (Å²) in [6.07, 6.45) is 9.32. The molecule has 64 heavy (non-hydrogen) atoms. The molecule has 0 amide bonds. The molecule has 7 nitrogen and oxygen atoms in total. The summed E-state index contributed by atoms with van der Waals surface area (Å²) in [5.41, 5.74) is 9.24. The Kier molecular flexibility index (Phi) is 20.0. The molecule has 0 aliphatic carbocycles. The van der Waals surface area contributed by atoms with Crippen LogP contribution in [0.15, 0.2) is 97.1 Å². The molecule has 2 N–H and O–H groups in total. The Morgan fingerprint density at radius 3 is 1.67 bits per heavy atom. The molecule has 4 rings (SSSR count). The van der Waals surface area contributed by atoms with Gasteiger partial charge in [0.1, 0.15) is 11.6 Å². The zero-order valence-electron chi connectivity index (χ0n) is 39.7. The number of halogens is 1. The molecular formula is C56H73FO7. The van der Waals surface area contributed by atoms with Crippen molar-refractivity contribution >= 4 is 11.9 Å². The maximum atomic E-state index is 16.0. The van der Waals surface area contributed by atoms with Crippen LogP contribution in [0, 0.1) is 16.6 Å². The summed E-state index contributed by atoms with van der Waals surface area (Å²) in [5, 5.41) is 21.0. The maximum Gasteiger partial charge on any atom is 0.333 e. The van der Waals surface area contributed by atoms with Crippen molar-refractivity contribution in [3.8, 4) is 39.1 Å². The number of aliphatic hydroxyl groups excluding tert-OH is 2. The molecule has 0 aliphatic heterocycles. The van der Waals surface area contributed by atoms with Crippen LogP contribution in [0.5, 0.6) is 5.75 Å². The van der Waals surface area contributed by atoms with E-state index in [1.807, 2.05) is 18.2 Å². The number of benzene rings is 4. The van der Waals surface area contributed by atoms with Crippen molar-refractivity contribution in [3.63, 3.8) is 0 Å². The normalized spacial score (nSPS) is 11.7. The van der Waals surface area contributed by atoms with E-state index in [1.54, 1.807) is 19.9 Å². The lowest BCUT2D eigenvalue weighted by Gasteiger charge is -2.33. The third-order valence-corrected chi connectivity index (χ3v) is 12.0. The zero-order chi connectivity index (χ0) is 46.9. The Hall–Kier alpha value is -5.05. The van der Waals surface area contributed by atoms with Crippen molar-refractivity contribution in [1.82, 2.24) is 0 Å². The lowest BCUT2D eigenvalue weighted by atomic mass is 9.76. The van der Waals surface area contributed by atoms with Crippen LogP contribution in [0.2, 0.25) is 0 Å². The predicted molar refractivity (Wildman–Crippen MR) is 259 cm³/mol. The molecule has 0 atom stereocenters. The fourth-order valence-electron chi connectivity index (χ4n) is 7.78. The van der Waals surface area contributed by atoms with Crippen molar-refractivity contribution < 1.29 is 38.4 Å². The number of esters is 2. The largest absolute Gasteiger partial charge is 0.493 e. The smallest absolute Gasteiger partial charge is 0.333 e. The van der Waals surface area contributed by atoms with Crippen LogP contribution in [0.3, 0.4) is 0 Å². The van der Waals surface area contributed by atoms with Gasteiger partial charge in [0, 0.05) is 22.1 Å². The Labute approximate surface area is 382 Å². The van der Waals surface area contributed by atoms with Gasteiger partial charge in [-0.1, -0.05) is 115 Å². The second-order valence-corrected chi connectivity index (χ2v) is 18.7. The molecule has 0 fully saturated rings. The van der Waals surface area contributed by atoms with E-state index in [-0.39, 0.29) is 44.3 Å². The minimum absolute atomic E-state index is 0.0304. The molecule has 0 unspecified atom stereocenters. The van der Waals surface area contributed by atoms with Gasteiger partial charge in [-0.25, -0.2) is 14.0 Å². The van der Waals surface area contributed by atoms with Crippen molar-refractivity contribution in [2.75, 3.05) is 33.0 Å². The van der Waals surface area contributed by atoms with Gasteiger partial charge in [0.05, 0.1) is 33.0 Å². The highest BCUT2D eigenvalue weighted by atomic mass is 19.1. The van der Waals surface area contributed by atoms with Gasteiger partial charge >= 0.3 is 11.9 Å². The lowest BCUT2D eigenvalue weighted by Crippen LogP contribution is -2.33. The fraction of sp³-hybridized carbons (Fsp3) is 0.464. The highest BCUT2D eigenvalue weighted by Crippen LogP contribution is 2.39. The van der Waals surface area contributed by atoms with Crippen molar-refractivity contribution in [2.24, 2.45) is 10.8 Å². The van der Waals surface area contributed by atoms with Crippen molar-refractivity contribution in [3.05, 3.63) is 125 Å². The minimum atomic E-state index is -0.711. The molecule has 0 heterocycles. The van der Waals surface area contributed by atoms with E-state index >= 15 is 4.39 Å². The van der Waals surface area contributed by atoms with E-state index in [9.17, 15) is 19.8 Å². The van der Waals surface area contributed by atoms with Crippen LogP contribution in [-0.4, -0.2) is 55.2 Å². The van der Waals surface area contributed by atoms with Gasteiger partial charge in [0.2, 0.25) is 0 Å². The maximum absolute atomic E-state index is 16.0. The van der Waals surface area contributed by atoms with Crippen LogP contribution in [0.4, 0.5) is 4.39 Å². The standard InChI is InChI=1S/C56H73FO7/c1-10-12-13-16-41-19-21-43(22-20-41)44-23-26-50(51(57)36-44)45-24-25-49(42(11-2)33-45)48-34-46(17-14-30-63-53(60)39(3)4)52(47(35-48)18-15-31-64-54(61)40(5)6)62-32-29-56(37-58,38-59)28-27-55(7,8)9/h19-26,33-36,58-59H,3,5,10-18,27-32,37-38H2,1-2,4,6-9H3. The molecule has 0 aromatic heterocycles. The van der Waals surface area contributed by atoms with Gasteiger partial charge in [0.25, 0.3) is 0 Å². The fourth-order valence-corrected chi connectivity index (χ4v) is 7.78. The third-order valence-electron chi connectivity index (χ3n) is 12.0. The van der Waals surface area contributed by atoms with E-state index in [1.165, 1.54) is 24.8 Å².